The number of hydrogen-bond acceptors (Lipinski definition) is 2. The van der Waals surface area contributed by atoms with E-state index < -0.39 is 17.3 Å². The van der Waals surface area contributed by atoms with Crippen molar-refractivity contribution >= 4 is 5.91 Å². The van der Waals surface area contributed by atoms with Crippen LogP contribution in [0.25, 0.3) is 0 Å². The Kier molecular flexibility index (Phi) is 5.05. The molecule has 0 aliphatic heterocycles. The molecule has 0 saturated heterocycles. The Morgan fingerprint density at radius 3 is 2.50 bits per heavy atom. The molecule has 1 amide bonds. The third-order valence-electron chi connectivity index (χ3n) is 4.83. The van der Waals surface area contributed by atoms with Crippen molar-refractivity contribution < 1.29 is 23.1 Å². The summed E-state index contributed by atoms with van der Waals surface area (Å²) in [5.74, 6) is -0.234. The van der Waals surface area contributed by atoms with Gasteiger partial charge in [-0.1, -0.05) is 36.4 Å². The fraction of sp³-hybridized carbons (Fsp3) is 0.350. The van der Waals surface area contributed by atoms with Crippen molar-refractivity contribution in [1.29, 1.82) is 0 Å². The molecule has 6 heteroatoms. The summed E-state index contributed by atoms with van der Waals surface area (Å²) in [5, 5.41) is 13.5. The summed E-state index contributed by atoms with van der Waals surface area (Å²) in [4.78, 5) is 12.1. The maximum Gasteiger partial charge on any atom is 0.416 e. The number of carbonyl (C=O) groups excluding carboxylic acids is 1. The van der Waals surface area contributed by atoms with Crippen LogP contribution in [0.2, 0.25) is 0 Å². The highest BCUT2D eigenvalue weighted by Crippen LogP contribution is 2.36. The van der Waals surface area contributed by atoms with E-state index in [4.69, 9.17) is 0 Å². The lowest BCUT2D eigenvalue weighted by atomic mass is 9.96. The van der Waals surface area contributed by atoms with Crippen LogP contribution in [-0.2, 0) is 29.4 Å². The summed E-state index contributed by atoms with van der Waals surface area (Å²) in [7, 11) is 0. The molecule has 2 aromatic carbocycles. The Labute approximate surface area is 149 Å². The van der Waals surface area contributed by atoms with Gasteiger partial charge >= 0.3 is 6.18 Å². The number of aliphatic hydroxyl groups is 1. The zero-order valence-electron chi connectivity index (χ0n) is 14.1. The van der Waals surface area contributed by atoms with Gasteiger partial charge in [0.25, 0.3) is 0 Å². The molecular formula is C20H20F3NO2. The van der Waals surface area contributed by atoms with Gasteiger partial charge in [0.05, 0.1) is 12.1 Å². The SMILES string of the molecule is O=C(CCc1ccc(C(F)(F)F)cc1)NC[C@]1(O)CCc2ccccc21. The first-order valence-electron chi connectivity index (χ1n) is 8.51. The second kappa shape index (κ2) is 7.11. The first kappa shape index (κ1) is 18.5. The van der Waals surface area contributed by atoms with Crippen LogP contribution in [-0.4, -0.2) is 17.6 Å². The molecule has 138 valence electrons. The highest BCUT2D eigenvalue weighted by Gasteiger charge is 2.36. The Bertz CT molecular complexity index is 786. The van der Waals surface area contributed by atoms with Gasteiger partial charge < -0.3 is 10.4 Å². The molecule has 0 bridgehead atoms. The second-order valence-corrected chi connectivity index (χ2v) is 6.66. The van der Waals surface area contributed by atoms with Crippen molar-refractivity contribution in [1.82, 2.24) is 5.32 Å². The fourth-order valence-electron chi connectivity index (χ4n) is 3.30. The van der Waals surface area contributed by atoms with E-state index >= 15 is 0 Å². The van der Waals surface area contributed by atoms with E-state index in [0.717, 1.165) is 29.7 Å². The van der Waals surface area contributed by atoms with Gasteiger partial charge in [-0.15, -0.1) is 0 Å². The average molecular weight is 363 g/mol. The lowest BCUT2D eigenvalue weighted by Gasteiger charge is -2.24. The van der Waals surface area contributed by atoms with Crippen LogP contribution in [0.15, 0.2) is 48.5 Å². The number of aryl methyl sites for hydroxylation is 2. The van der Waals surface area contributed by atoms with Gasteiger partial charge in [-0.05, 0) is 48.1 Å². The first-order chi connectivity index (χ1) is 12.3. The first-order valence-corrected chi connectivity index (χ1v) is 8.51. The molecular weight excluding hydrogens is 343 g/mol. The van der Waals surface area contributed by atoms with E-state index in [1.165, 1.54) is 12.1 Å². The zero-order chi connectivity index (χ0) is 18.8. The Morgan fingerprint density at radius 2 is 1.81 bits per heavy atom. The van der Waals surface area contributed by atoms with Crippen LogP contribution in [0.5, 0.6) is 0 Å². The third-order valence-corrected chi connectivity index (χ3v) is 4.83. The van der Waals surface area contributed by atoms with Crippen LogP contribution in [0.3, 0.4) is 0 Å². The number of carbonyl (C=O) groups is 1. The Hall–Kier alpha value is -2.34. The second-order valence-electron chi connectivity index (χ2n) is 6.66. The maximum absolute atomic E-state index is 12.5. The van der Waals surface area contributed by atoms with E-state index in [2.05, 4.69) is 5.32 Å². The number of alkyl halides is 3. The van der Waals surface area contributed by atoms with Gasteiger partial charge in [0.15, 0.2) is 0 Å². The quantitative estimate of drug-likeness (QED) is 0.853. The summed E-state index contributed by atoms with van der Waals surface area (Å²) < 4.78 is 37.6. The minimum absolute atomic E-state index is 0.135. The smallest absolute Gasteiger partial charge is 0.383 e. The van der Waals surface area contributed by atoms with Crippen molar-refractivity contribution in [3.63, 3.8) is 0 Å². The molecule has 0 saturated carbocycles. The molecule has 26 heavy (non-hydrogen) atoms. The Balaban J connectivity index is 1.51. The lowest BCUT2D eigenvalue weighted by molar-refractivity contribution is -0.137. The lowest BCUT2D eigenvalue weighted by Crippen LogP contribution is -2.39. The van der Waals surface area contributed by atoms with E-state index in [-0.39, 0.29) is 18.9 Å². The molecule has 2 aromatic rings. The van der Waals surface area contributed by atoms with Crippen molar-refractivity contribution in [2.45, 2.75) is 37.5 Å². The number of fused-ring (bicyclic) bond motifs is 1. The number of nitrogens with one attached hydrogen (secondary N) is 1. The molecule has 0 unspecified atom stereocenters. The van der Waals surface area contributed by atoms with Crippen molar-refractivity contribution in [3.8, 4) is 0 Å². The number of rotatable bonds is 5. The van der Waals surface area contributed by atoms with Gasteiger partial charge in [0.2, 0.25) is 5.91 Å². The third kappa shape index (κ3) is 4.07. The predicted octanol–water partition coefficient (Wildman–Crippen LogP) is 3.59. The van der Waals surface area contributed by atoms with Crippen LogP contribution in [0.1, 0.15) is 35.1 Å². The number of halogens is 3. The molecule has 1 aliphatic carbocycles. The number of amides is 1. The van der Waals surface area contributed by atoms with Crippen LogP contribution in [0.4, 0.5) is 13.2 Å². The molecule has 0 spiro atoms. The normalized spacial score (nSPS) is 19.2. The van der Waals surface area contributed by atoms with Gasteiger partial charge in [-0.25, -0.2) is 0 Å². The monoisotopic (exact) mass is 363 g/mol. The maximum atomic E-state index is 12.5. The van der Waals surface area contributed by atoms with E-state index in [1.807, 2.05) is 24.3 Å². The van der Waals surface area contributed by atoms with Crippen LogP contribution in [0, 0.1) is 0 Å². The molecule has 0 aromatic heterocycles. The highest BCUT2D eigenvalue weighted by molar-refractivity contribution is 5.76. The van der Waals surface area contributed by atoms with Gasteiger partial charge in [-0.3, -0.25) is 4.79 Å². The summed E-state index contributed by atoms with van der Waals surface area (Å²) in [5.41, 5.74) is 0.851. The molecule has 0 heterocycles. The minimum atomic E-state index is -4.36. The molecule has 2 N–H and O–H groups in total. The average Bonchev–Trinajstić information content (AvgIpc) is 2.96. The minimum Gasteiger partial charge on any atom is -0.383 e. The molecule has 0 fully saturated rings. The van der Waals surface area contributed by atoms with Crippen molar-refractivity contribution in [3.05, 3.63) is 70.8 Å². The van der Waals surface area contributed by atoms with Crippen molar-refractivity contribution in [2.75, 3.05) is 6.54 Å². The summed E-state index contributed by atoms with van der Waals surface area (Å²) >= 11 is 0. The zero-order valence-corrected chi connectivity index (χ0v) is 14.1. The van der Waals surface area contributed by atoms with Crippen molar-refractivity contribution in [2.24, 2.45) is 0 Å². The van der Waals surface area contributed by atoms with Crippen LogP contribution < -0.4 is 5.32 Å². The summed E-state index contributed by atoms with van der Waals surface area (Å²) in [6.45, 7) is 0.135. The van der Waals surface area contributed by atoms with E-state index in [9.17, 15) is 23.1 Å². The van der Waals surface area contributed by atoms with Gasteiger partial charge in [-0.2, -0.15) is 13.2 Å². The number of benzene rings is 2. The topological polar surface area (TPSA) is 49.3 Å². The van der Waals surface area contributed by atoms with Crippen LogP contribution >= 0.6 is 0 Å². The summed E-state index contributed by atoms with van der Waals surface area (Å²) in [6.07, 6.45) is -2.52. The van der Waals surface area contributed by atoms with E-state index in [0.29, 0.717) is 18.4 Å². The molecule has 3 nitrogen and oxygen atoms in total. The molecule has 1 aliphatic rings. The molecule has 0 radical (unpaired) electrons. The summed E-state index contributed by atoms with van der Waals surface area (Å²) in [6, 6.07) is 12.4. The molecule has 3 rings (SSSR count). The fourth-order valence-corrected chi connectivity index (χ4v) is 3.30. The Morgan fingerprint density at radius 1 is 1.12 bits per heavy atom. The van der Waals surface area contributed by atoms with Gasteiger partial charge in [0.1, 0.15) is 5.60 Å². The largest absolute Gasteiger partial charge is 0.416 e. The van der Waals surface area contributed by atoms with E-state index in [1.54, 1.807) is 0 Å². The standard InChI is InChI=1S/C20H20F3NO2/c21-20(22,23)16-8-5-14(6-9-16)7-10-18(25)24-13-19(26)12-11-15-3-1-2-4-17(15)19/h1-6,8-9,26H,7,10-13H2,(H,24,25)/t19-/m1/s1. The highest BCUT2D eigenvalue weighted by atomic mass is 19.4. The van der Waals surface area contributed by atoms with Gasteiger partial charge in [0, 0.05) is 6.42 Å². The molecule has 1 atom stereocenters. The number of hydrogen-bond donors (Lipinski definition) is 2. The predicted molar refractivity (Wildman–Crippen MR) is 91.4 cm³/mol.